The van der Waals surface area contributed by atoms with Crippen LogP contribution in [0.5, 0.6) is 0 Å². The normalized spacial score (nSPS) is 11.6. The number of hydrogen-bond donors (Lipinski definition) is 1. The van der Waals surface area contributed by atoms with Crippen molar-refractivity contribution in [1.82, 2.24) is 20.2 Å². The third-order valence-corrected chi connectivity index (χ3v) is 6.31. The Balaban J connectivity index is 1.40. The van der Waals surface area contributed by atoms with Gasteiger partial charge in [-0.05, 0) is 37.1 Å². The Morgan fingerprint density at radius 3 is 2.86 bits per heavy atom. The molecular weight excluding hydrogens is 404 g/mol. The van der Waals surface area contributed by atoms with Crippen molar-refractivity contribution in [2.45, 2.75) is 24.8 Å². The average Bonchev–Trinajstić information content (AvgIpc) is 3.36. The van der Waals surface area contributed by atoms with Crippen LogP contribution in [0.25, 0.3) is 33.3 Å². The highest BCUT2D eigenvalue weighted by atomic mass is 35.5. The van der Waals surface area contributed by atoms with E-state index in [1.54, 1.807) is 0 Å². The number of rotatable bonds is 4. The average molecular weight is 421 g/mol. The van der Waals surface area contributed by atoms with Crippen LogP contribution in [0.1, 0.15) is 16.7 Å². The van der Waals surface area contributed by atoms with Crippen LogP contribution >= 0.6 is 23.4 Å². The second-order valence-corrected chi connectivity index (χ2v) is 8.21. The number of nitrogens with zero attached hydrogens (tertiary/aromatic N) is 3. The van der Waals surface area contributed by atoms with Crippen molar-refractivity contribution >= 4 is 45.2 Å². The summed E-state index contributed by atoms with van der Waals surface area (Å²) in [7, 11) is 0. The Hall–Kier alpha value is -2.83. The molecule has 0 atom stereocenters. The molecule has 0 aliphatic heterocycles. The van der Waals surface area contributed by atoms with E-state index in [0.29, 0.717) is 22.0 Å². The van der Waals surface area contributed by atoms with E-state index in [2.05, 4.69) is 52.2 Å². The van der Waals surface area contributed by atoms with Crippen LogP contribution in [0.4, 0.5) is 0 Å². The van der Waals surface area contributed by atoms with Gasteiger partial charge in [0.05, 0.1) is 11.1 Å². The van der Waals surface area contributed by atoms with Gasteiger partial charge < -0.3 is 9.40 Å². The Kier molecular flexibility index (Phi) is 4.53. The number of hydrogen-bond acceptors (Lipinski definition) is 5. The highest BCUT2D eigenvalue weighted by molar-refractivity contribution is 7.98. The third-order valence-electron chi connectivity index (χ3n) is 5.11. The van der Waals surface area contributed by atoms with E-state index in [9.17, 15) is 0 Å². The SMILES string of the molecule is Cc1ccc2cc(CSc3nnc(-c4c[nH]c5ccccc45)o3)c(Cl)nc2c1C. The summed E-state index contributed by atoms with van der Waals surface area (Å²) in [5.74, 6) is 1.10. The summed E-state index contributed by atoms with van der Waals surface area (Å²) in [5, 5.41) is 11.5. The van der Waals surface area contributed by atoms with Gasteiger partial charge in [-0.25, -0.2) is 4.98 Å². The van der Waals surface area contributed by atoms with Gasteiger partial charge >= 0.3 is 0 Å². The molecule has 0 radical (unpaired) electrons. The zero-order chi connectivity index (χ0) is 20.0. The minimum atomic E-state index is 0.499. The number of para-hydroxylation sites is 1. The molecule has 0 aliphatic rings. The van der Waals surface area contributed by atoms with E-state index in [0.717, 1.165) is 38.5 Å². The van der Waals surface area contributed by atoms with Gasteiger partial charge in [0.25, 0.3) is 11.1 Å². The van der Waals surface area contributed by atoms with Gasteiger partial charge in [-0.1, -0.05) is 53.7 Å². The number of thioether (sulfide) groups is 1. The van der Waals surface area contributed by atoms with Crippen LogP contribution in [0.2, 0.25) is 5.15 Å². The number of aromatic amines is 1. The van der Waals surface area contributed by atoms with Crippen molar-refractivity contribution in [3.63, 3.8) is 0 Å². The van der Waals surface area contributed by atoms with Gasteiger partial charge in [0.15, 0.2) is 0 Å². The molecule has 29 heavy (non-hydrogen) atoms. The summed E-state index contributed by atoms with van der Waals surface area (Å²) in [6.45, 7) is 4.15. The fraction of sp³-hybridized carbons (Fsp3) is 0.136. The van der Waals surface area contributed by atoms with Gasteiger partial charge in [0.2, 0.25) is 0 Å². The molecule has 0 bridgehead atoms. The van der Waals surface area contributed by atoms with E-state index >= 15 is 0 Å². The maximum absolute atomic E-state index is 6.45. The molecule has 0 spiro atoms. The standard InChI is InChI=1S/C22H17ClN4OS/c1-12-7-8-14-9-15(20(23)25-19(14)13(12)2)11-29-22-27-26-21(28-22)17-10-24-18-6-4-3-5-16(17)18/h3-10,24H,11H2,1-2H3. The van der Waals surface area contributed by atoms with E-state index < -0.39 is 0 Å². The van der Waals surface area contributed by atoms with Crippen molar-refractivity contribution in [2.24, 2.45) is 0 Å². The maximum Gasteiger partial charge on any atom is 0.277 e. The fourth-order valence-corrected chi connectivity index (χ4v) is 4.39. The lowest BCUT2D eigenvalue weighted by Gasteiger charge is -2.08. The molecule has 0 fully saturated rings. The minimum Gasteiger partial charge on any atom is -0.411 e. The monoisotopic (exact) mass is 420 g/mol. The number of aryl methyl sites for hydroxylation is 2. The summed E-state index contributed by atoms with van der Waals surface area (Å²) in [6.07, 6.45) is 1.89. The molecule has 0 saturated carbocycles. The Bertz CT molecular complexity index is 1360. The smallest absolute Gasteiger partial charge is 0.277 e. The number of pyridine rings is 1. The Labute approximate surface area is 176 Å². The molecule has 3 aromatic heterocycles. The second kappa shape index (κ2) is 7.21. The van der Waals surface area contributed by atoms with Gasteiger partial charge in [-0.15, -0.1) is 10.2 Å². The molecule has 5 nitrogen and oxygen atoms in total. The first-order chi connectivity index (χ1) is 14.1. The molecule has 144 valence electrons. The van der Waals surface area contributed by atoms with Crippen LogP contribution in [0.3, 0.4) is 0 Å². The summed E-state index contributed by atoms with van der Waals surface area (Å²) in [6, 6.07) is 14.3. The lowest BCUT2D eigenvalue weighted by Crippen LogP contribution is -1.92. The first kappa shape index (κ1) is 18.2. The number of nitrogens with one attached hydrogen (secondary N) is 1. The second-order valence-electron chi connectivity index (χ2n) is 6.93. The van der Waals surface area contributed by atoms with Crippen molar-refractivity contribution in [3.8, 4) is 11.5 Å². The lowest BCUT2D eigenvalue weighted by molar-refractivity contribution is 0.466. The molecule has 0 aliphatic carbocycles. The number of benzene rings is 2. The molecule has 0 amide bonds. The first-order valence-corrected chi connectivity index (χ1v) is 10.5. The summed E-state index contributed by atoms with van der Waals surface area (Å²) >= 11 is 7.90. The number of fused-ring (bicyclic) bond motifs is 2. The predicted octanol–water partition coefficient (Wildman–Crippen LogP) is 6.33. The highest BCUT2D eigenvalue weighted by Gasteiger charge is 2.15. The molecular formula is C22H17ClN4OS. The first-order valence-electron chi connectivity index (χ1n) is 9.18. The zero-order valence-corrected chi connectivity index (χ0v) is 17.4. The van der Waals surface area contributed by atoms with Gasteiger partial charge in [-0.2, -0.15) is 0 Å². The Morgan fingerprint density at radius 1 is 1.10 bits per heavy atom. The topological polar surface area (TPSA) is 67.6 Å². The summed E-state index contributed by atoms with van der Waals surface area (Å²) in [4.78, 5) is 7.84. The number of H-pyrrole nitrogens is 1. The van der Waals surface area contributed by atoms with Crippen molar-refractivity contribution in [3.05, 3.63) is 70.5 Å². The van der Waals surface area contributed by atoms with Crippen LogP contribution in [0, 0.1) is 13.8 Å². The lowest BCUT2D eigenvalue weighted by atomic mass is 10.0. The molecule has 7 heteroatoms. The van der Waals surface area contributed by atoms with Crippen LogP contribution < -0.4 is 0 Å². The van der Waals surface area contributed by atoms with Gasteiger partial charge in [0, 0.05) is 33.8 Å². The predicted molar refractivity (Wildman–Crippen MR) is 117 cm³/mol. The minimum absolute atomic E-state index is 0.499. The van der Waals surface area contributed by atoms with E-state index in [-0.39, 0.29) is 0 Å². The van der Waals surface area contributed by atoms with Crippen molar-refractivity contribution in [1.29, 1.82) is 0 Å². The van der Waals surface area contributed by atoms with Crippen molar-refractivity contribution < 1.29 is 4.42 Å². The fourth-order valence-electron chi connectivity index (χ4n) is 3.37. The molecule has 3 heterocycles. The van der Waals surface area contributed by atoms with Gasteiger partial charge in [0.1, 0.15) is 5.15 Å². The molecule has 1 N–H and O–H groups in total. The van der Waals surface area contributed by atoms with E-state index in [1.807, 2.05) is 30.5 Å². The third kappa shape index (κ3) is 3.28. The number of halogens is 1. The molecule has 0 saturated heterocycles. The molecule has 2 aromatic carbocycles. The van der Waals surface area contributed by atoms with E-state index in [4.69, 9.17) is 16.0 Å². The summed E-state index contributed by atoms with van der Waals surface area (Å²) < 4.78 is 5.88. The van der Waals surface area contributed by atoms with Crippen LogP contribution in [0.15, 0.2) is 58.3 Å². The van der Waals surface area contributed by atoms with Gasteiger partial charge in [-0.3, -0.25) is 0 Å². The quantitative estimate of drug-likeness (QED) is 0.272. The van der Waals surface area contributed by atoms with Crippen LogP contribution in [-0.2, 0) is 5.75 Å². The Morgan fingerprint density at radius 2 is 1.97 bits per heavy atom. The highest BCUT2D eigenvalue weighted by Crippen LogP contribution is 2.32. The molecule has 5 rings (SSSR count). The molecule has 5 aromatic rings. The van der Waals surface area contributed by atoms with E-state index in [1.165, 1.54) is 17.3 Å². The largest absolute Gasteiger partial charge is 0.411 e. The summed E-state index contributed by atoms with van der Waals surface area (Å²) in [5.41, 5.74) is 6.19. The molecule has 0 unspecified atom stereocenters. The van der Waals surface area contributed by atoms with Crippen LogP contribution in [-0.4, -0.2) is 20.2 Å². The zero-order valence-electron chi connectivity index (χ0n) is 15.9. The number of aromatic nitrogens is 4. The van der Waals surface area contributed by atoms with Crippen molar-refractivity contribution in [2.75, 3.05) is 0 Å². The maximum atomic E-state index is 6.45.